The summed E-state index contributed by atoms with van der Waals surface area (Å²) in [7, 11) is 0. The fourth-order valence-corrected chi connectivity index (χ4v) is 1.67. The summed E-state index contributed by atoms with van der Waals surface area (Å²) in [5.41, 5.74) is 0. The maximum absolute atomic E-state index is 8.76. The molecular weight excluding hydrogens is 240 g/mol. The average Bonchev–Trinajstić information content (AvgIpc) is 2.37. The van der Waals surface area contributed by atoms with Crippen LogP contribution in [0.2, 0.25) is 0 Å². The van der Waals surface area contributed by atoms with Gasteiger partial charge in [-0.3, -0.25) is 0 Å². The molecule has 2 N–H and O–H groups in total. The van der Waals surface area contributed by atoms with E-state index < -0.39 is 0 Å². The first-order valence-electron chi connectivity index (χ1n) is 7.30. The van der Waals surface area contributed by atoms with Gasteiger partial charge < -0.3 is 14.9 Å². The van der Waals surface area contributed by atoms with E-state index >= 15 is 0 Å². The Morgan fingerprint density at radius 1 is 0.789 bits per heavy atom. The van der Waals surface area contributed by atoms with Crippen LogP contribution < -0.4 is 0 Å². The van der Waals surface area contributed by atoms with Crippen molar-refractivity contribution < 1.29 is 14.9 Å². The standard InChI is InChI=1S/C16H30O3/c1-15(9-11-17)7-3-5-13-19-14-6-4-8-16(2)10-12-18/h3-6,15-18H,7-14H2,1-2H3. The minimum absolute atomic E-state index is 0.269. The monoisotopic (exact) mass is 270 g/mol. The molecule has 112 valence electrons. The molecule has 0 fully saturated rings. The topological polar surface area (TPSA) is 49.7 Å². The van der Waals surface area contributed by atoms with Gasteiger partial charge in [0.05, 0.1) is 13.2 Å². The summed E-state index contributed by atoms with van der Waals surface area (Å²) in [4.78, 5) is 0. The van der Waals surface area contributed by atoms with Crippen molar-refractivity contribution in [3.05, 3.63) is 24.3 Å². The molecule has 0 radical (unpaired) electrons. The Hall–Kier alpha value is -0.640. The largest absolute Gasteiger partial charge is 0.396 e. The minimum Gasteiger partial charge on any atom is -0.396 e. The van der Waals surface area contributed by atoms with Gasteiger partial charge in [-0.2, -0.15) is 0 Å². The van der Waals surface area contributed by atoms with Crippen LogP contribution in [-0.2, 0) is 4.74 Å². The predicted molar refractivity (Wildman–Crippen MR) is 80.1 cm³/mol. The van der Waals surface area contributed by atoms with Crippen LogP contribution in [0.25, 0.3) is 0 Å². The Bertz CT molecular complexity index is 212. The molecule has 0 amide bonds. The van der Waals surface area contributed by atoms with Gasteiger partial charge in [-0.05, 0) is 37.5 Å². The number of allylic oxidation sites excluding steroid dienone is 2. The molecular formula is C16H30O3. The summed E-state index contributed by atoms with van der Waals surface area (Å²) in [6, 6.07) is 0. The van der Waals surface area contributed by atoms with Crippen LogP contribution in [0.15, 0.2) is 24.3 Å². The van der Waals surface area contributed by atoms with Gasteiger partial charge in [0.25, 0.3) is 0 Å². The Morgan fingerprint density at radius 2 is 1.21 bits per heavy atom. The lowest BCUT2D eigenvalue weighted by atomic mass is 10.0. The van der Waals surface area contributed by atoms with Crippen molar-refractivity contribution in [2.24, 2.45) is 11.8 Å². The zero-order valence-corrected chi connectivity index (χ0v) is 12.4. The van der Waals surface area contributed by atoms with E-state index in [0.29, 0.717) is 25.0 Å². The predicted octanol–water partition coefficient (Wildman–Crippen LogP) is 2.93. The minimum atomic E-state index is 0.269. The first-order chi connectivity index (χ1) is 9.20. The highest BCUT2D eigenvalue weighted by atomic mass is 16.5. The highest BCUT2D eigenvalue weighted by Crippen LogP contribution is 2.07. The second kappa shape index (κ2) is 13.8. The van der Waals surface area contributed by atoms with Crippen molar-refractivity contribution in [1.82, 2.24) is 0 Å². The molecule has 3 nitrogen and oxygen atoms in total. The highest BCUT2D eigenvalue weighted by Gasteiger charge is 1.97. The normalized spacial score (nSPS) is 15.4. The van der Waals surface area contributed by atoms with E-state index in [0.717, 1.165) is 25.7 Å². The molecule has 0 rings (SSSR count). The number of rotatable bonds is 12. The van der Waals surface area contributed by atoms with Gasteiger partial charge in [0.1, 0.15) is 0 Å². The summed E-state index contributed by atoms with van der Waals surface area (Å²) in [5.74, 6) is 1.07. The first kappa shape index (κ1) is 18.4. The molecule has 0 aromatic heterocycles. The molecule has 0 aromatic rings. The van der Waals surface area contributed by atoms with Crippen molar-refractivity contribution in [3.8, 4) is 0 Å². The molecule has 2 unspecified atom stereocenters. The second-order valence-corrected chi connectivity index (χ2v) is 5.19. The van der Waals surface area contributed by atoms with Crippen molar-refractivity contribution in [3.63, 3.8) is 0 Å². The molecule has 0 spiro atoms. The van der Waals surface area contributed by atoms with E-state index in [1.807, 2.05) is 12.2 Å². The Balaban J connectivity index is 3.39. The molecule has 3 heteroatoms. The maximum Gasteiger partial charge on any atom is 0.0651 e. The summed E-state index contributed by atoms with van der Waals surface area (Å²) in [5, 5.41) is 17.5. The Labute approximate surface area is 118 Å². The van der Waals surface area contributed by atoms with Gasteiger partial charge in [-0.1, -0.05) is 38.2 Å². The molecule has 19 heavy (non-hydrogen) atoms. The Kier molecular flexibility index (Phi) is 13.3. The number of hydrogen-bond acceptors (Lipinski definition) is 3. The summed E-state index contributed by atoms with van der Waals surface area (Å²) < 4.78 is 5.44. The van der Waals surface area contributed by atoms with E-state index in [9.17, 15) is 0 Å². The second-order valence-electron chi connectivity index (χ2n) is 5.19. The van der Waals surface area contributed by atoms with E-state index in [-0.39, 0.29) is 13.2 Å². The van der Waals surface area contributed by atoms with Gasteiger partial charge in [-0.15, -0.1) is 0 Å². The van der Waals surface area contributed by atoms with Gasteiger partial charge in [0, 0.05) is 13.2 Å². The fraction of sp³-hybridized carbons (Fsp3) is 0.750. The fourth-order valence-electron chi connectivity index (χ4n) is 1.67. The molecule has 0 aliphatic carbocycles. The number of aliphatic hydroxyl groups is 2. The summed E-state index contributed by atoms with van der Waals surface area (Å²) in [6.07, 6.45) is 12.0. The number of hydrogen-bond donors (Lipinski definition) is 2. The van der Waals surface area contributed by atoms with Crippen LogP contribution in [0, 0.1) is 11.8 Å². The third-order valence-corrected chi connectivity index (χ3v) is 3.08. The third kappa shape index (κ3) is 13.6. The van der Waals surface area contributed by atoms with Crippen molar-refractivity contribution in [2.75, 3.05) is 26.4 Å². The van der Waals surface area contributed by atoms with E-state index in [4.69, 9.17) is 14.9 Å². The highest BCUT2D eigenvalue weighted by molar-refractivity contribution is 4.85. The molecule has 0 saturated carbocycles. The van der Waals surface area contributed by atoms with Gasteiger partial charge in [0.15, 0.2) is 0 Å². The summed E-state index contributed by atoms with van der Waals surface area (Å²) >= 11 is 0. The molecule has 0 aromatic carbocycles. The van der Waals surface area contributed by atoms with Crippen LogP contribution in [0.5, 0.6) is 0 Å². The van der Waals surface area contributed by atoms with E-state index in [1.165, 1.54) is 0 Å². The first-order valence-corrected chi connectivity index (χ1v) is 7.30. The zero-order valence-electron chi connectivity index (χ0n) is 12.4. The van der Waals surface area contributed by atoms with E-state index in [2.05, 4.69) is 26.0 Å². The quantitative estimate of drug-likeness (QED) is 0.423. The SMILES string of the molecule is CC(CC=CCOCC=CCC(C)CCO)CCO. The van der Waals surface area contributed by atoms with Crippen molar-refractivity contribution in [2.45, 2.75) is 39.5 Å². The van der Waals surface area contributed by atoms with E-state index in [1.54, 1.807) is 0 Å². The van der Waals surface area contributed by atoms with Crippen LogP contribution >= 0.6 is 0 Å². The van der Waals surface area contributed by atoms with Crippen LogP contribution in [-0.4, -0.2) is 36.6 Å². The maximum atomic E-state index is 8.76. The Morgan fingerprint density at radius 3 is 1.58 bits per heavy atom. The lowest BCUT2D eigenvalue weighted by Gasteiger charge is -2.05. The number of aliphatic hydroxyl groups excluding tert-OH is 2. The molecule has 0 heterocycles. The van der Waals surface area contributed by atoms with Crippen molar-refractivity contribution >= 4 is 0 Å². The molecule has 0 saturated heterocycles. The average molecular weight is 270 g/mol. The smallest absolute Gasteiger partial charge is 0.0651 e. The zero-order chi connectivity index (χ0) is 14.3. The number of ether oxygens (including phenoxy) is 1. The lowest BCUT2D eigenvalue weighted by molar-refractivity contribution is 0.193. The van der Waals surface area contributed by atoms with Gasteiger partial charge >= 0.3 is 0 Å². The molecule has 2 atom stereocenters. The van der Waals surface area contributed by atoms with Crippen LogP contribution in [0.1, 0.15) is 39.5 Å². The van der Waals surface area contributed by atoms with Crippen LogP contribution in [0.3, 0.4) is 0 Å². The lowest BCUT2D eigenvalue weighted by Crippen LogP contribution is -1.97. The molecule has 0 bridgehead atoms. The molecule has 0 aliphatic rings. The summed E-state index contributed by atoms with van der Waals surface area (Å²) in [6.45, 7) is 6.09. The van der Waals surface area contributed by atoms with Crippen molar-refractivity contribution in [1.29, 1.82) is 0 Å². The van der Waals surface area contributed by atoms with Gasteiger partial charge in [-0.25, -0.2) is 0 Å². The third-order valence-electron chi connectivity index (χ3n) is 3.08. The van der Waals surface area contributed by atoms with Crippen LogP contribution in [0.4, 0.5) is 0 Å². The van der Waals surface area contributed by atoms with Gasteiger partial charge in [0.2, 0.25) is 0 Å². The molecule has 0 aliphatic heterocycles.